The molecule has 5 rings (SSSR count). The van der Waals surface area contributed by atoms with Gasteiger partial charge in [0, 0.05) is 17.7 Å². The van der Waals surface area contributed by atoms with E-state index in [4.69, 9.17) is 10.5 Å². The topological polar surface area (TPSA) is 133 Å². The van der Waals surface area contributed by atoms with Gasteiger partial charge < -0.3 is 15.6 Å². The lowest BCUT2D eigenvalue weighted by Gasteiger charge is -2.62. The Balaban J connectivity index is 1.42. The van der Waals surface area contributed by atoms with E-state index in [1.54, 1.807) is 0 Å². The molecule has 3 saturated carbocycles. The predicted molar refractivity (Wildman–Crippen MR) is 133 cm³/mol. The number of carbonyl (C=O) groups excluding carboxylic acids is 1. The van der Waals surface area contributed by atoms with Crippen LogP contribution >= 0.6 is 0 Å². The molecule has 4 aliphatic rings. The van der Waals surface area contributed by atoms with Crippen molar-refractivity contribution < 1.29 is 24.4 Å². The Morgan fingerprint density at radius 3 is 2.42 bits per heavy atom. The zero-order chi connectivity index (χ0) is 26.0. The van der Waals surface area contributed by atoms with Crippen LogP contribution in [0.4, 0.5) is 5.69 Å². The third-order valence-corrected chi connectivity index (χ3v) is 10.8. The molecule has 36 heavy (non-hydrogen) atoms. The lowest BCUT2D eigenvalue weighted by molar-refractivity contribution is -0.384. The first kappa shape index (κ1) is 24.9. The fourth-order valence-electron chi connectivity index (χ4n) is 8.42. The fourth-order valence-corrected chi connectivity index (χ4v) is 8.42. The monoisotopic (exact) mass is 496 g/mol. The standard InChI is InChI=1S/C28H36N2O6/c1-16-10-15-28(29)20-8-9-21-23(24(31)32)22(12-13-26(21,2)19(20)11-14-27(16,28)3)36-25(33)17-4-6-18(7-5-17)30(34)35/h4-7,9,16,19-20,22-23H,8,10-15,29H2,1-3H3,(H,31,32)/t16-,19-,20+,22-,23?,26+,27+,28-/m0/s1. The van der Waals surface area contributed by atoms with Crippen LogP contribution in [0.2, 0.25) is 0 Å². The summed E-state index contributed by atoms with van der Waals surface area (Å²) in [5, 5.41) is 21.2. The Morgan fingerprint density at radius 1 is 1.08 bits per heavy atom. The van der Waals surface area contributed by atoms with Gasteiger partial charge in [-0.15, -0.1) is 0 Å². The summed E-state index contributed by atoms with van der Waals surface area (Å²) >= 11 is 0. The van der Waals surface area contributed by atoms with E-state index in [2.05, 4.69) is 26.8 Å². The van der Waals surface area contributed by atoms with Crippen LogP contribution in [-0.4, -0.2) is 33.6 Å². The molecular weight excluding hydrogens is 460 g/mol. The van der Waals surface area contributed by atoms with Crippen molar-refractivity contribution in [3.63, 3.8) is 0 Å². The summed E-state index contributed by atoms with van der Waals surface area (Å²) in [6.07, 6.45) is 7.54. The second kappa shape index (κ2) is 8.40. The molecule has 0 heterocycles. The van der Waals surface area contributed by atoms with Crippen molar-refractivity contribution in [3.8, 4) is 0 Å². The van der Waals surface area contributed by atoms with E-state index in [0.717, 1.165) is 44.1 Å². The molecule has 8 heteroatoms. The SMILES string of the molecule is C[C@H]1CC[C@]2(N)[C@@H]3CC=C4C(C(=O)O)[C@@H](OC(=O)c5ccc([N+](=O)[O-])cc5)CC[C@]4(C)[C@H]3CC[C@]12C. The third kappa shape index (κ3) is 3.44. The quantitative estimate of drug-likeness (QED) is 0.256. The average Bonchev–Trinajstić information content (AvgIpc) is 3.08. The van der Waals surface area contributed by atoms with E-state index < -0.39 is 28.9 Å². The molecule has 1 unspecified atom stereocenters. The number of aliphatic carboxylic acids is 1. The molecule has 8 nitrogen and oxygen atoms in total. The molecule has 8 atom stereocenters. The van der Waals surface area contributed by atoms with Crippen LogP contribution in [-0.2, 0) is 9.53 Å². The number of allylic oxidation sites excluding steroid dienone is 1. The van der Waals surface area contributed by atoms with E-state index in [9.17, 15) is 24.8 Å². The highest BCUT2D eigenvalue weighted by molar-refractivity contribution is 5.90. The van der Waals surface area contributed by atoms with Gasteiger partial charge in [0.05, 0.1) is 10.5 Å². The van der Waals surface area contributed by atoms with Crippen LogP contribution < -0.4 is 5.73 Å². The van der Waals surface area contributed by atoms with Gasteiger partial charge in [0.15, 0.2) is 0 Å². The van der Waals surface area contributed by atoms with Gasteiger partial charge >= 0.3 is 11.9 Å². The minimum absolute atomic E-state index is 0.111. The van der Waals surface area contributed by atoms with Crippen LogP contribution in [0.5, 0.6) is 0 Å². The highest BCUT2D eigenvalue weighted by atomic mass is 16.6. The van der Waals surface area contributed by atoms with E-state index in [0.29, 0.717) is 24.2 Å². The highest BCUT2D eigenvalue weighted by Gasteiger charge is 2.65. The summed E-state index contributed by atoms with van der Waals surface area (Å²) in [5.74, 6) is -1.32. The van der Waals surface area contributed by atoms with E-state index >= 15 is 0 Å². The van der Waals surface area contributed by atoms with Gasteiger partial charge in [-0.25, -0.2) is 4.79 Å². The van der Waals surface area contributed by atoms with Crippen molar-refractivity contribution >= 4 is 17.6 Å². The van der Waals surface area contributed by atoms with Crippen molar-refractivity contribution in [1.29, 1.82) is 0 Å². The minimum atomic E-state index is -0.982. The number of esters is 1. The summed E-state index contributed by atoms with van der Waals surface area (Å²) in [7, 11) is 0. The molecule has 0 saturated heterocycles. The Kier molecular flexibility index (Phi) is 5.82. The first-order valence-electron chi connectivity index (χ1n) is 13.1. The summed E-state index contributed by atoms with van der Waals surface area (Å²) in [4.78, 5) is 35.8. The zero-order valence-corrected chi connectivity index (χ0v) is 21.2. The maximum absolute atomic E-state index is 12.8. The van der Waals surface area contributed by atoms with Crippen LogP contribution in [0.15, 0.2) is 35.9 Å². The number of fused-ring (bicyclic) bond motifs is 5. The third-order valence-electron chi connectivity index (χ3n) is 10.8. The number of rotatable bonds is 4. The van der Waals surface area contributed by atoms with Crippen LogP contribution in [0.25, 0.3) is 0 Å². The fraction of sp³-hybridized carbons (Fsp3) is 0.643. The smallest absolute Gasteiger partial charge is 0.338 e. The largest absolute Gasteiger partial charge is 0.481 e. The number of carboxylic acid groups (broad SMARTS) is 1. The number of nitrogens with two attached hydrogens (primary N) is 1. The number of nitro groups is 1. The van der Waals surface area contributed by atoms with E-state index in [-0.39, 0.29) is 27.6 Å². The van der Waals surface area contributed by atoms with Crippen molar-refractivity contribution in [2.45, 2.75) is 77.4 Å². The molecule has 0 aliphatic heterocycles. The van der Waals surface area contributed by atoms with Crippen molar-refractivity contribution in [1.82, 2.24) is 0 Å². The molecule has 0 bridgehead atoms. The summed E-state index contributed by atoms with van der Waals surface area (Å²) in [6, 6.07) is 5.18. The average molecular weight is 497 g/mol. The van der Waals surface area contributed by atoms with Crippen LogP contribution in [0.1, 0.15) is 76.1 Å². The molecule has 0 amide bonds. The molecule has 194 valence electrons. The first-order valence-corrected chi connectivity index (χ1v) is 13.1. The number of benzene rings is 1. The Bertz CT molecular complexity index is 1130. The van der Waals surface area contributed by atoms with Gasteiger partial charge in [0.25, 0.3) is 5.69 Å². The van der Waals surface area contributed by atoms with Crippen molar-refractivity contribution in [2.75, 3.05) is 0 Å². The lowest BCUT2D eigenvalue weighted by Crippen LogP contribution is -2.65. The summed E-state index contributed by atoms with van der Waals surface area (Å²) in [6.45, 7) is 6.88. The molecule has 1 aromatic rings. The predicted octanol–water partition coefficient (Wildman–Crippen LogP) is 5.11. The molecule has 0 radical (unpaired) electrons. The van der Waals surface area contributed by atoms with E-state index in [1.807, 2.05) is 0 Å². The maximum Gasteiger partial charge on any atom is 0.338 e. The summed E-state index contributed by atoms with van der Waals surface area (Å²) in [5.41, 5.74) is 7.76. The number of carboxylic acids is 1. The van der Waals surface area contributed by atoms with Gasteiger partial charge in [-0.1, -0.05) is 32.4 Å². The van der Waals surface area contributed by atoms with Gasteiger partial charge in [-0.05, 0) is 85.7 Å². The second-order valence-electron chi connectivity index (χ2n) is 12.1. The normalized spacial score (nSPS) is 41.3. The van der Waals surface area contributed by atoms with Crippen molar-refractivity contribution in [2.24, 2.45) is 40.2 Å². The van der Waals surface area contributed by atoms with Gasteiger partial charge in [-0.2, -0.15) is 0 Å². The van der Waals surface area contributed by atoms with Gasteiger partial charge in [0.1, 0.15) is 12.0 Å². The van der Waals surface area contributed by atoms with Gasteiger partial charge in [0.2, 0.25) is 0 Å². The zero-order valence-electron chi connectivity index (χ0n) is 21.2. The number of nitrogens with zero attached hydrogens (tertiary/aromatic N) is 1. The molecule has 3 fully saturated rings. The number of nitro benzene ring substituents is 1. The van der Waals surface area contributed by atoms with Crippen LogP contribution in [0.3, 0.4) is 0 Å². The maximum atomic E-state index is 12.8. The molecule has 0 aromatic heterocycles. The molecule has 1 aromatic carbocycles. The number of non-ortho nitro benzene ring substituents is 1. The Morgan fingerprint density at radius 2 is 1.78 bits per heavy atom. The molecule has 4 aliphatic carbocycles. The number of ether oxygens (including phenoxy) is 1. The highest BCUT2D eigenvalue weighted by Crippen LogP contribution is 2.67. The minimum Gasteiger partial charge on any atom is -0.481 e. The Labute approximate surface area is 211 Å². The molecule has 0 spiro atoms. The van der Waals surface area contributed by atoms with Gasteiger partial charge in [-0.3, -0.25) is 14.9 Å². The summed E-state index contributed by atoms with van der Waals surface area (Å²) < 4.78 is 5.75. The first-order chi connectivity index (χ1) is 16.9. The number of hydrogen-bond donors (Lipinski definition) is 2. The number of hydrogen-bond acceptors (Lipinski definition) is 6. The van der Waals surface area contributed by atoms with Crippen molar-refractivity contribution in [3.05, 3.63) is 51.6 Å². The number of carbonyl (C=O) groups is 2. The second-order valence-corrected chi connectivity index (χ2v) is 12.1. The van der Waals surface area contributed by atoms with Crippen LogP contribution in [0, 0.1) is 44.6 Å². The molecule has 3 N–H and O–H groups in total. The molecular formula is C28H36N2O6. The van der Waals surface area contributed by atoms with E-state index in [1.165, 1.54) is 24.3 Å². The lowest BCUT2D eigenvalue weighted by atomic mass is 9.44. The Hall–Kier alpha value is -2.74.